The zero-order valence-electron chi connectivity index (χ0n) is 10.6. The van der Waals surface area contributed by atoms with Crippen molar-refractivity contribution in [2.45, 2.75) is 38.5 Å². The number of non-ortho nitro benzene ring substituents is 1. The van der Waals surface area contributed by atoms with Crippen molar-refractivity contribution in [2.24, 2.45) is 0 Å². The molecule has 19 heavy (non-hydrogen) atoms. The minimum Gasteiger partial charge on any atom is -0.476 e. The van der Waals surface area contributed by atoms with Gasteiger partial charge < -0.3 is 10.1 Å². The fourth-order valence-electron chi connectivity index (χ4n) is 1.69. The second-order valence-electron chi connectivity index (χ2n) is 4.59. The second kappa shape index (κ2) is 5.67. The monoisotopic (exact) mass is 261 g/mol. The van der Waals surface area contributed by atoms with Crippen molar-refractivity contribution in [3.05, 3.63) is 33.9 Å². The Morgan fingerprint density at radius 2 is 2.37 bits per heavy atom. The van der Waals surface area contributed by atoms with Crippen LogP contribution in [0, 0.1) is 21.4 Å². The molecule has 0 spiro atoms. The Bertz CT molecular complexity index is 520. The van der Waals surface area contributed by atoms with Crippen LogP contribution >= 0.6 is 0 Å². The van der Waals surface area contributed by atoms with Gasteiger partial charge in [-0.15, -0.1) is 0 Å². The summed E-state index contributed by atoms with van der Waals surface area (Å²) in [7, 11) is 0. The van der Waals surface area contributed by atoms with Crippen LogP contribution in [0.2, 0.25) is 0 Å². The second-order valence-corrected chi connectivity index (χ2v) is 4.59. The highest BCUT2D eigenvalue weighted by Gasteiger charge is 2.21. The number of nitrogens with zero attached hydrogens (tertiary/aromatic N) is 2. The van der Waals surface area contributed by atoms with Crippen LogP contribution in [0.4, 0.5) is 5.69 Å². The van der Waals surface area contributed by atoms with Crippen LogP contribution in [0.15, 0.2) is 18.2 Å². The minimum atomic E-state index is -0.582. The average molecular weight is 261 g/mol. The Morgan fingerprint density at radius 3 is 2.95 bits per heavy atom. The Morgan fingerprint density at radius 1 is 1.63 bits per heavy atom. The lowest BCUT2D eigenvalue weighted by Gasteiger charge is -2.13. The molecule has 1 unspecified atom stereocenters. The van der Waals surface area contributed by atoms with Gasteiger partial charge in [0, 0.05) is 30.3 Å². The first-order chi connectivity index (χ1) is 9.10. The molecule has 0 heterocycles. The number of ether oxygens (including phenoxy) is 1. The van der Waals surface area contributed by atoms with Crippen molar-refractivity contribution in [3.8, 4) is 11.8 Å². The third kappa shape index (κ3) is 3.66. The third-order valence-corrected chi connectivity index (χ3v) is 2.90. The van der Waals surface area contributed by atoms with E-state index in [9.17, 15) is 10.1 Å². The van der Waals surface area contributed by atoms with Crippen LogP contribution < -0.4 is 10.1 Å². The van der Waals surface area contributed by atoms with Gasteiger partial charge in [-0.3, -0.25) is 10.1 Å². The highest BCUT2D eigenvalue weighted by Crippen LogP contribution is 2.27. The van der Waals surface area contributed by atoms with E-state index in [0.29, 0.717) is 23.9 Å². The van der Waals surface area contributed by atoms with Crippen LogP contribution in [0.5, 0.6) is 5.75 Å². The van der Waals surface area contributed by atoms with E-state index in [-0.39, 0.29) is 5.69 Å². The Kier molecular flexibility index (Phi) is 3.97. The highest BCUT2D eigenvalue weighted by molar-refractivity contribution is 5.44. The minimum absolute atomic E-state index is 0.0320. The average Bonchev–Trinajstić information content (AvgIpc) is 3.21. The molecule has 0 amide bonds. The van der Waals surface area contributed by atoms with E-state index in [0.717, 1.165) is 12.8 Å². The fourth-order valence-corrected chi connectivity index (χ4v) is 1.69. The molecule has 6 heteroatoms. The van der Waals surface area contributed by atoms with Gasteiger partial charge in [-0.1, -0.05) is 0 Å². The number of benzene rings is 1. The van der Waals surface area contributed by atoms with Crippen molar-refractivity contribution in [3.63, 3.8) is 0 Å². The van der Waals surface area contributed by atoms with E-state index < -0.39 is 11.0 Å². The molecule has 1 saturated carbocycles. The summed E-state index contributed by atoms with van der Waals surface area (Å²) in [5, 5.41) is 22.8. The van der Waals surface area contributed by atoms with Crippen molar-refractivity contribution < 1.29 is 9.66 Å². The topological polar surface area (TPSA) is 88.2 Å². The number of nitro benzene ring substituents is 1. The van der Waals surface area contributed by atoms with Gasteiger partial charge in [0.05, 0.1) is 4.92 Å². The number of nitro groups is 1. The molecule has 1 aromatic carbocycles. The van der Waals surface area contributed by atoms with Gasteiger partial charge in [0.15, 0.2) is 6.10 Å². The van der Waals surface area contributed by atoms with E-state index in [1.165, 1.54) is 12.1 Å². The molecule has 1 aromatic rings. The summed E-state index contributed by atoms with van der Waals surface area (Å²) in [5.41, 5.74) is 0.743. The molecule has 0 radical (unpaired) electrons. The summed E-state index contributed by atoms with van der Waals surface area (Å²) in [5.74, 6) is 0.521. The number of nitriles is 1. The van der Waals surface area contributed by atoms with E-state index >= 15 is 0 Å². The first-order valence-electron chi connectivity index (χ1n) is 6.17. The maximum Gasteiger partial charge on any atom is 0.270 e. The molecule has 1 aliphatic carbocycles. The summed E-state index contributed by atoms with van der Waals surface area (Å²) >= 11 is 0. The molecule has 1 aliphatic rings. The van der Waals surface area contributed by atoms with Gasteiger partial charge >= 0.3 is 0 Å². The summed E-state index contributed by atoms with van der Waals surface area (Å²) in [6.45, 7) is 2.15. The molecule has 2 rings (SSSR count). The largest absolute Gasteiger partial charge is 0.476 e. The summed E-state index contributed by atoms with van der Waals surface area (Å²) in [4.78, 5) is 10.4. The van der Waals surface area contributed by atoms with E-state index in [1.807, 2.05) is 6.07 Å². The molecule has 0 saturated heterocycles. The number of nitrogens with one attached hydrogen (secondary N) is 1. The maximum atomic E-state index is 10.8. The number of hydrogen-bond donors (Lipinski definition) is 1. The van der Waals surface area contributed by atoms with E-state index in [1.54, 1.807) is 13.0 Å². The van der Waals surface area contributed by atoms with Crippen molar-refractivity contribution in [1.82, 2.24) is 5.32 Å². The van der Waals surface area contributed by atoms with Gasteiger partial charge in [-0.05, 0) is 25.8 Å². The molecule has 1 fully saturated rings. The van der Waals surface area contributed by atoms with Crippen LogP contribution in [-0.2, 0) is 6.54 Å². The molecule has 0 aromatic heterocycles. The Labute approximate surface area is 111 Å². The molecule has 1 atom stereocenters. The Hall–Kier alpha value is -2.13. The lowest BCUT2D eigenvalue weighted by Crippen LogP contribution is -2.17. The normalized spacial score (nSPS) is 15.6. The van der Waals surface area contributed by atoms with Crippen LogP contribution in [0.3, 0.4) is 0 Å². The molecule has 1 N–H and O–H groups in total. The molecule has 6 nitrogen and oxygen atoms in total. The fraction of sp³-hybridized carbons (Fsp3) is 0.462. The molecular weight excluding hydrogens is 246 g/mol. The first-order valence-corrected chi connectivity index (χ1v) is 6.17. The van der Waals surface area contributed by atoms with Crippen molar-refractivity contribution in [2.75, 3.05) is 0 Å². The number of rotatable bonds is 6. The number of hydrogen-bond acceptors (Lipinski definition) is 5. The predicted molar refractivity (Wildman–Crippen MR) is 68.7 cm³/mol. The zero-order chi connectivity index (χ0) is 13.8. The lowest BCUT2D eigenvalue weighted by atomic mass is 10.1. The molecule has 0 bridgehead atoms. The van der Waals surface area contributed by atoms with Gasteiger partial charge in [-0.25, -0.2) is 0 Å². The third-order valence-electron chi connectivity index (χ3n) is 2.90. The maximum absolute atomic E-state index is 10.8. The van der Waals surface area contributed by atoms with Crippen molar-refractivity contribution >= 4 is 5.69 Å². The van der Waals surface area contributed by atoms with Crippen LogP contribution in [0.25, 0.3) is 0 Å². The molecule has 100 valence electrons. The van der Waals surface area contributed by atoms with Gasteiger partial charge in [-0.2, -0.15) is 5.26 Å². The summed E-state index contributed by atoms with van der Waals surface area (Å²) in [6.07, 6.45) is 1.69. The standard InChI is InChI=1S/C13H15N3O3/c1-9(7-14)19-13-5-4-12(16(17)18)6-10(13)8-15-11-2-3-11/h4-6,9,11,15H,2-3,8H2,1H3. The Balaban J connectivity index is 2.18. The lowest BCUT2D eigenvalue weighted by molar-refractivity contribution is -0.384. The predicted octanol–water partition coefficient (Wildman–Crippen LogP) is 2.14. The molecular formula is C13H15N3O3. The van der Waals surface area contributed by atoms with Gasteiger partial charge in [0.25, 0.3) is 5.69 Å². The van der Waals surface area contributed by atoms with Gasteiger partial charge in [0.2, 0.25) is 0 Å². The quantitative estimate of drug-likeness (QED) is 0.626. The summed E-state index contributed by atoms with van der Waals surface area (Å²) < 4.78 is 5.46. The summed E-state index contributed by atoms with van der Waals surface area (Å²) in [6, 6.07) is 6.91. The van der Waals surface area contributed by atoms with Crippen LogP contribution in [0.1, 0.15) is 25.3 Å². The molecule has 0 aliphatic heterocycles. The SMILES string of the molecule is CC(C#N)Oc1ccc([N+](=O)[O-])cc1CNC1CC1. The van der Waals surface area contributed by atoms with Crippen molar-refractivity contribution in [1.29, 1.82) is 5.26 Å². The van der Waals surface area contributed by atoms with E-state index in [2.05, 4.69) is 5.32 Å². The van der Waals surface area contributed by atoms with E-state index in [4.69, 9.17) is 10.00 Å². The smallest absolute Gasteiger partial charge is 0.270 e. The zero-order valence-corrected chi connectivity index (χ0v) is 10.6. The van der Waals surface area contributed by atoms with Crippen LogP contribution in [-0.4, -0.2) is 17.1 Å². The first kappa shape index (κ1) is 13.3. The van der Waals surface area contributed by atoms with Gasteiger partial charge in [0.1, 0.15) is 11.8 Å². The highest BCUT2D eigenvalue weighted by atomic mass is 16.6.